The quantitative estimate of drug-likeness (QED) is 0.618. The number of carbonyl (C=O) groups excluding carboxylic acids is 1. The summed E-state index contributed by atoms with van der Waals surface area (Å²) in [5.41, 5.74) is 4.25. The largest absolute Gasteiger partial charge is 0.458 e. The van der Waals surface area contributed by atoms with Crippen LogP contribution in [0.4, 0.5) is 0 Å². The van der Waals surface area contributed by atoms with Gasteiger partial charge in [0.2, 0.25) is 0 Å². The van der Waals surface area contributed by atoms with Gasteiger partial charge in [0.15, 0.2) is 0 Å². The summed E-state index contributed by atoms with van der Waals surface area (Å²) in [6.07, 6.45) is 4.12. The van der Waals surface area contributed by atoms with Gasteiger partial charge in [-0.15, -0.1) is 0 Å². The van der Waals surface area contributed by atoms with E-state index in [0.29, 0.717) is 11.5 Å². The molecule has 0 aliphatic heterocycles. The van der Waals surface area contributed by atoms with E-state index in [1.165, 1.54) is 11.1 Å². The van der Waals surface area contributed by atoms with Crippen LogP contribution in [0.1, 0.15) is 66.6 Å². The van der Waals surface area contributed by atoms with Gasteiger partial charge in [-0.25, -0.2) is 4.79 Å². The highest BCUT2D eigenvalue weighted by atomic mass is 16.5. The first-order chi connectivity index (χ1) is 12.4. The van der Waals surface area contributed by atoms with Crippen LogP contribution < -0.4 is 0 Å². The van der Waals surface area contributed by atoms with E-state index in [4.69, 9.17) is 4.74 Å². The number of hydrogen-bond acceptors (Lipinski definition) is 2. The van der Waals surface area contributed by atoms with Gasteiger partial charge in [-0.1, -0.05) is 61.4 Å². The minimum Gasteiger partial charge on any atom is -0.458 e. The maximum absolute atomic E-state index is 12.8. The van der Waals surface area contributed by atoms with E-state index in [1.54, 1.807) is 0 Å². The molecule has 1 aliphatic rings. The predicted molar refractivity (Wildman–Crippen MR) is 107 cm³/mol. The van der Waals surface area contributed by atoms with E-state index >= 15 is 0 Å². The highest BCUT2D eigenvalue weighted by molar-refractivity contribution is 5.89. The lowest BCUT2D eigenvalue weighted by Gasteiger charge is -2.37. The highest BCUT2D eigenvalue weighted by Gasteiger charge is 2.46. The SMILES string of the molecule is Cc1ccc(C2(CC(C)C)CCCC2OC(=O)c2cccc(C)c2)cc1. The zero-order valence-corrected chi connectivity index (χ0v) is 16.4. The Hall–Kier alpha value is -2.09. The van der Waals surface area contributed by atoms with Crippen LogP contribution in [0.2, 0.25) is 0 Å². The van der Waals surface area contributed by atoms with Gasteiger partial charge >= 0.3 is 5.97 Å². The lowest BCUT2D eigenvalue weighted by molar-refractivity contribution is 0.00992. The molecule has 0 radical (unpaired) electrons. The van der Waals surface area contributed by atoms with Gasteiger partial charge in [-0.2, -0.15) is 0 Å². The van der Waals surface area contributed by atoms with Crippen molar-refractivity contribution < 1.29 is 9.53 Å². The van der Waals surface area contributed by atoms with E-state index in [2.05, 4.69) is 45.0 Å². The second kappa shape index (κ2) is 7.65. The first-order valence-electron chi connectivity index (χ1n) is 9.75. The standard InChI is InChI=1S/C24H30O2/c1-17(2)16-24(21-12-10-18(3)11-13-21)14-6-9-22(24)26-23(25)20-8-5-7-19(4)15-20/h5,7-8,10-13,15,17,22H,6,9,14,16H2,1-4H3. The molecule has 0 spiro atoms. The van der Waals surface area contributed by atoms with Gasteiger partial charge in [-0.05, 0) is 63.1 Å². The van der Waals surface area contributed by atoms with Crippen molar-refractivity contribution in [2.24, 2.45) is 5.92 Å². The van der Waals surface area contributed by atoms with Crippen molar-refractivity contribution in [2.45, 2.75) is 64.9 Å². The number of aryl methyl sites for hydroxylation is 2. The van der Waals surface area contributed by atoms with Crippen molar-refractivity contribution in [3.8, 4) is 0 Å². The van der Waals surface area contributed by atoms with Crippen molar-refractivity contribution in [3.63, 3.8) is 0 Å². The summed E-state index contributed by atoms with van der Waals surface area (Å²) in [6, 6.07) is 16.5. The number of carbonyl (C=O) groups is 1. The number of esters is 1. The van der Waals surface area contributed by atoms with Crippen molar-refractivity contribution in [1.29, 1.82) is 0 Å². The minimum absolute atomic E-state index is 0.0550. The molecular formula is C24H30O2. The molecule has 26 heavy (non-hydrogen) atoms. The predicted octanol–water partition coefficient (Wildman–Crippen LogP) is 6.00. The van der Waals surface area contributed by atoms with Gasteiger partial charge < -0.3 is 4.74 Å². The zero-order valence-electron chi connectivity index (χ0n) is 16.4. The lowest BCUT2D eigenvalue weighted by Crippen LogP contribution is -2.39. The molecule has 2 aromatic carbocycles. The van der Waals surface area contributed by atoms with E-state index in [1.807, 2.05) is 31.2 Å². The van der Waals surface area contributed by atoms with Crippen molar-refractivity contribution >= 4 is 5.97 Å². The molecule has 2 heteroatoms. The number of hydrogen-bond donors (Lipinski definition) is 0. The molecule has 0 bridgehead atoms. The Labute approximate surface area is 157 Å². The third kappa shape index (κ3) is 3.85. The molecule has 1 fully saturated rings. The Morgan fingerprint density at radius 1 is 1.12 bits per heavy atom. The van der Waals surface area contributed by atoms with E-state index in [-0.39, 0.29) is 17.5 Å². The molecule has 138 valence electrons. The Balaban J connectivity index is 1.90. The molecule has 0 heterocycles. The first kappa shape index (κ1) is 18.7. The summed E-state index contributed by atoms with van der Waals surface area (Å²) in [6.45, 7) is 8.63. The van der Waals surface area contributed by atoms with Crippen molar-refractivity contribution in [2.75, 3.05) is 0 Å². The molecule has 2 atom stereocenters. The summed E-state index contributed by atoms with van der Waals surface area (Å²) in [5.74, 6) is 0.357. The fourth-order valence-electron chi connectivity index (χ4n) is 4.48. The molecule has 0 aromatic heterocycles. The first-order valence-corrected chi connectivity index (χ1v) is 9.75. The molecule has 2 nitrogen and oxygen atoms in total. The second-order valence-corrected chi connectivity index (χ2v) is 8.28. The third-order valence-electron chi connectivity index (χ3n) is 5.61. The maximum Gasteiger partial charge on any atom is 0.338 e. The summed E-state index contributed by atoms with van der Waals surface area (Å²) in [4.78, 5) is 12.8. The van der Waals surface area contributed by atoms with Gasteiger partial charge in [-0.3, -0.25) is 0 Å². The van der Waals surface area contributed by atoms with Crippen LogP contribution in [0, 0.1) is 19.8 Å². The fraction of sp³-hybridized carbons (Fsp3) is 0.458. The molecule has 1 aliphatic carbocycles. The zero-order chi connectivity index (χ0) is 18.7. The summed E-state index contributed by atoms with van der Waals surface area (Å²) < 4.78 is 6.11. The van der Waals surface area contributed by atoms with Crippen molar-refractivity contribution in [3.05, 3.63) is 70.8 Å². The molecule has 0 saturated heterocycles. The molecule has 1 saturated carbocycles. The fourth-order valence-corrected chi connectivity index (χ4v) is 4.48. The summed E-state index contributed by atoms with van der Waals surface area (Å²) >= 11 is 0. The van der Waals surface area contributed by atoms with Gasteiger partial charge in [0.1, 0.15) is 6.10 Å². The van der Waals surface area contributed by atoms with E-state index in [0.717, 1.165) is 31.2 Å². The number of ether oxygens (including phenoxy) is 1. The van der Waals surface area contributed by atoms with Crippen LogP contribution >= 0.6 is 0 Å². The van der Waals surface area contributed by atoms with Crippen LogP contribution in [0.5, 0.6) is 0 Å². The molecule has 3 rings (SSSR count). The smallest absolute Gasteiger partial charge is 0.338 e. The topological polar surface area (TPSA) is 26.3 Å². The van der Waals surface area contributed by atoms with Crippen LogP contribution in [-0.2, 0) is 10.2 Å². The maximum atomic E-state index is 12.8. The normalized spacial score (nSPS) is 22.6. The average Bonchev–Trinajstić information content (AvgIpc) is 2.98. The van der Waals surface area contributed by atoms with E-state index < -0.39 is 0 Å². The highest BCUT2D eigenvalue weighted by Crippen LogP contribution is 2.47. The van der Waals surface area contributed by atoms with Crippen LogP contribution in [0.25, 0.3) is 0 Å². The summed E-state index contributed by atoms with van der Waals surface area (Å²) in [7, 11) is 0. The van der Waals surface area contributed by atoms with Gasteiger partial charge in [0.25, 0.3) is 0 Å². The van der Waals surface area contributed by atoms with Gasteiger partial charge in [0, 0.05) is 5.41 Å². The molecule has 0 N–H and O–H groups in total. The molecule has 0 amide bonds. The Bertz CT molecular complexity index is 760. The van der Waals surface area contributed by atoms with Crippen molar-refractivity contribution in [1.82, 2.24) is 0 Å². The average molecular weight is 351 g/mol. The second-order valence-electron chi connectivity index (χ2n) is 8.28. The molecular weight excluding hydrogens is 320 g/mol. The van der Waals surface area contributed by atoms with E-state index in [9.17, 15) is 4.79 Å². The number of rotatable bonds is 5. The summed E-state index contributed by atoms with van der Waals surface area (Å²) in [5, 5.41) is 0. The van der Waals surface area contributed by atoms with Gasteiger partial charge in [0.05, 0.1) is 5.56 Å². The third-order valence-corrected chi connectivity index (χ3v) is 5.61. The molecule has 2 aromatic rings. The minimum atomic E-state index is -0.194. The Morgan fingerprint density at radius 2 is 1.85 bits per heavy atom. The molecule has 2 unspecified atom stereocenters. The number of benzene rings is 2. The van der Waals surface area contributed by atoms with Crippen LogP contribution in [0.15, 0.2) is 48.5 Å². The Morgan fingerprint density at radius 3 is 2.50 bits per heavy atom. The lowest BCUT2D eigenvalue weighted by atomic mass is 9.71. The monoisotopic (exact) mass is 350 g/mol. The van der Waals surface area contributed by atoms with Crippen LogP contribution in [-0.4, -0.2) is 12.1 Å². The Kier molecular flexibility index (Phi) is 5.50. The van der Waals surface area contributed by atoms with Crippen LogP contribution in [0.3, 0.4) is 0 Å².